The molecule has 1 fully saturated rings. The Morgan fingerprint density at radius 3 is 2.64 bits per heavy atom. The molecule has 25 heavy (non-hydrogen) atoms. The Balaban J connectivity index is 2.36. The van der Waals surface area contributed by atoms with Gasteiger partial charge in [0.05, 0.1) is 10.9 Å². The molecule has 0 unspecified atom stereocenters. The lowest BCUT2D eigenvalue weighted by Crippen LogP contribution is -2.34. The zero-order chi connectivity index (χ0) is 18.0. The molecule has 1 aliphatic rings. The average Bonchev–Trinajstić information content (AvgIpc) is 2.61. The lowest BCUT2D eigenvalue weighted by molar-refractivity contribution is -0.131. The van der Waals surface area contributed by atoms with Crippen LogP contribution >= 0.6 is 0 Å². The summed E-state index contributed by atoms with van der Waals surface area (Å²) in [6.07, 6.45) is 5.79. The minimum absolute atomic E-state index is 0.162. The van der Waals surface area contributed by atoms with Gasteiger partial charge in [0.1, 0.15) is 11.5 Å². The predicted molar refractivity (Wildman–Crippen MR) is 99.1 cm³/mol. The van der Waals surface area contributed by atoms with E-state index < -0.39 is 5.97 Å². The van der Waals surface area contributed by atoms with Gasteiger partial charge in [0.2, 0.25) is 0 Å². The van der Waals surface area contributed by atoms with Crippen molar-refractivity contribution in [1.82, 2.24) is 9.55 Å². The van der Waals surface area contributed by atoms with E-state index in [0.717, 1.165) is 43.5 Å². The maximum Gasteiger partial charge on any atom is 0.328 e. The van der Waals surface area contributed by atoms with Gasteiger partial charge in [0.25, 0.3) is 0 Å². The topological polar surface area (TPSA) is 75.4 Å². The molecule has 0 bridgehead atoms. The summed E-state index contributed by atoms with van der Waals surface area (Å²) in [5, 5.41) is 9.55. The molecule has 1 N–H and O–H groups in total. The highest BCUT2D eigenvalue weighted by Crippen LogP contribution is 2.27. The second kappa shape index (κ2) is 7.09. The molecule has 0 spiro atoms. The molecule has 0 radical (unpaired) electrons. The molecule has 2 aromatic rings. The number of carboxylic acid groups (broad SMARTS) is 1. The Labute approximate surface area is 146 Å². The Morgan fingerprint density at radius 2 is 2.00 bits per heavy atom. The first-order chi connectivity index (χ1) is 12.0. The third-order valence-corrected chi connectivity index (χ3v) is 4.62. The number of hydrogen-bond donors (Lipinski definition) is 1. The summed E-state index contributed by atoms with van der Waals surface area (Å²) in [6, 6.07) is 3.60. The largest absolute Gasteiger partial charge is 0.478 e. The normalized spacial score (nSPS) is 15.2. The first-order valence-electron chi connectivity index (χ1n) is 8.73. The molecule has 6 nitrogen and oxygen atoms in total. The van der Waals surface area contributed by atoms with Gasteiger partial charge in [0, 0.05) is 31.4 Å². The molecule has 3 rings (SSSR count). The highest BCUT2D eigenvalue weighted by Gasteiger charge is 2.22. The van der Waals surface area contributed by atoms with Crippen molar-refractivity contribution in [3.8, 4) is 0 Å². The highest BCUT2D eigenvalue weighted by atomic mass is 16.4. The van der Waals surface area contributed by atoms with Crippen molar-refractivity contribution >= 4 is 28.9 Å². The minimum Gasteiger partial charge on any atom is -0.478 e. The van der Waals surface area contributed by atoms with Gasteiger partial charge < -0.3 is 14.6 Å². The van der Waals surface area contributed by atoms with Gasteiger partial charge in [-0.2, -0.15) is 0 Å². The van der Waals surface area contributed by atoms with Crippen LogP contribution in [0.25, 0.3) is 17.1 Å². The Kier molecular flexibility index (Phi) is 4.88. The SMILES string of the molecule is CCn1c(N2CCCCC2)c(/C=C/C(=O)O)c(=O)c2ccc(C)nc21. The lowest BCUT2D eigenvalue weighted by Gasteiger charge is -2.32. The van der Waals surface area contributed by atoms with Gasteiger partial charge in [0.15, 0.2) is 5.43 Å². The number of rotatable bonds is 4. The van der Waals surface area contributed by atoms with Gasteiger partial charge in [-0.05, 0) is 51.3 Å². The molecule has 1 aliphatic heterocycles. The summed E-state index contributed by atoms with van der Waals surface area (Å²) in [7, 11) is 0. The van der Waals surface area contributed by atoms with Crippen molar-refractivity contribution in [1.29, 1.82) is 0 Å². The van der Waals surface area contributed by atoms with E-state index in [-0.39, 0.29) is 5.43 Å². The number of carbonyl (C=O) groups is 1. The monoisotopic (exact) mass is 341 g/mol. The number of carboxylic acids is 1. The summed E-state index contributed by atoms with van der Waals surface area (Å²) in [4.78, 5) is 30.9. The molecule has 0 saturated carbocycles. The van der Waals surface area contributed by atoms with Crippen molar-refractivity contribution in [3.05, 3.63) is 39.7 Å². The minimum atomic E-state index is -1.06. The number of pyridine rings is 2. The van der Waals surface area contributed by atoms with Crippen LogP contribution in [-0.2, 0) is 11.3 Å². The maximum absolute atomic E-state index is 13.1. The number of aryl methyl sites for hydroxylation is 2. The summed E-state index contributed by atoms with van der Waals surface area (Å²) >= 11 is 0. The number of anilines is 1. The molecule has 132 valence electrons. The third-order valence-electron chi connectivity index (χ3n) is 4.62. The van der Waals surface area contributed by atoms with Crippen LogP contribution in [0.2, 0.25) is 0 Å². The maximum atomic E-state index is 13.1. The molecule has 0 aromatic carbocycles. The molecule has 0 atom stereocenters. The van der Waals surface area contributed by atoms with E-state index in [1.165, 1.54) is 12.5 Å². The summed E-state index contributed by atoms with van der Waals surface area (Å²) < 4.78 is 2.04. The third kappa shape index (κ3) is 3.29. The van der Waals surface area contributed by atoms with Gasteiger partial charge in [-0.25, -0.2) is 9.78 Å². The van der Waals surface area contributed by atoms with Gasteiger partial charge >= 0.3 is 5.97 Å². The number of fused-ring (bicyclic) bond motifs is 1. The molecule has 0 aliphatic carbocycles. The van der Waals surface area contributed by atoms with E-state index in [1.54, 1.807) is 6.07 Å². The number of nitrogens with zero attached hydrogens (tertiary/aromatic N) is 3. The van der Waals surface area contributed by atoms with Crippen molar-refractivity contribution in [2.24, 2.45) is 0 Å². The number of piperidine rings is 1. The van der Waals surface area contributed by atoms with E-state index >= 15 is 0 Å². The van der Waals surface area contributed by atoms with Crippen LogP contribution in [0.3, 0.4) is 0 Å². The van der Waals surface area contributed by atoms with E-state index in [0.29, 0.717) is 23.1 Å². The van der Waals surface area contributed by atoms with Crippen molar-refractivity contribution in [2.45, 2.75) is 39.7 Å². The van der Waals surface area contributed by atoms with Crippen LogP contribution in [0, 0.1) is 6.92 Å². The number of aliphatic carboxylic acids is 1. The molecule has 6 heteroatoms. The fourth-order valence-electron chi connectivity index (χ4n) is 3.47. The smallest absolute Gasteiger partial charge is 0.328 e. The van der Waals surface area contributed by atoms with Crippen LogP contribution in [0.1, 0.15) is 37.4 Å². The van der Waals surface area contributed by atoms with E-state index in [1.807, 2.05) is 24.5 Å². The predicted octanol–water partition coefficient (Wildman–Crippen LogP) is 2.81. The van der Waals surface area contributed by atoms with E-state index in [2.05, 4.69) is 9.88 Å². The van der Waals surface area contributed by atoms with Crippen LogP contribution < -0.4 is 10.3 Å². The summed E-state index contributed by atoms with van der Waals surface area (Å²) in [6.45, 7) is 6.32. The Morgan fingerprint density at radius 1 is 1.28 bits per heavy atom. The second-order valence-corrected chi connectivity index (χ2v) is 6.35. The Bertz CT molecular complexity index is 893. The van der Waals surface area contributed by atoms with Crippen LogP contribution in [0.5, 0.6) is 0 Å². The molecule has 0 amide bonds. The Hall–Kier alpha value is -2.63. The first kappa shape index (κ1) is 17.2. The zero-order valence-corrected chi connectivity index (χ0v) is 14.7. The van der Waals surface area contributed by atoms with Crippen molar-refractivity contribution in [3.63, 3.8) is 0 Å². The molecule has 3 heterocycles. The fourth-order valence-corrected chi connectivity index (χ4v) is 3.47. The average molecular weight is 341 g/mol. The lowest BCUT2D eigenvalue weighted by atomic mass is 10.1. The molecule has 1 saturated heterocycles. The number of hydrogen-bond acceptors (Lipinski definition) is 4. The van der Waals surface area contributed by atoms with Gasteiger partial charge in [-0.1, -0.05) is 0 Å². The first-order valence-corrected chi connectivity index (χ1v) is 8.73. The highest BCUT2D eigenvalue weighted by molar-refractivity contribution is 5.89. The number of aromatic nitrogens is 2. The van der Waals surface area contributed by atoms with Gasteiger partial charge in [-0.15, -0.1) is 0 Å². The summed E-state index contributed by atoms with van der Waals surface area (Å²) in [5.41, 5.74) is 1.79. The van der Waals surface area contributed by atoms with Crippen LogP contribution in [-0.4, -0.2) is 33.7 Å². The van der Waals surface area contributed by atoms with Crippen molar-refractivity contribution < 1.29 is 9.90 Å². The van der Waals surface area contributed by atoms with Crippen LogP contribution in [0.4, 0.5) is 5.82 Å². The van der Waals surface area contributed by atoms with Gasteiger partial charge in [-0.3, -0.25) is 4.79 Å². The van der Waals surface area contributed by atoms with Crippen LogP contribution in [0.15, 0.2) is 23.0 Å². The fraction of sp³-hybridized carbons (Fsp3) is 0.421. The second-order valence-electron chi connectivity index (χ2n) is 6.35. The molecule has 2 aromatic heterocycles. The zero-order valence-electron chi connectivity index (χ0n) is 14.7. The van der Waals surface area contributed by atoms with E-state index in [9.17, 15) is 9.59 Å². The van der Waals surface area contributed by atoms with E-state index in [4.69, 9.17) is 5.11 Å². The van der Waals surface area contributed by atoms with Crippen molar-refractivity contribution in [2.75, 3.05) is 18.0 Å². The molecular weight excluding hydrogens is 318 g/mol. The molecular formula is C19H23N3O3. The quantitative estimate of drug-likeness (QED) is 0.866. The standard InChI is InChI=1S/C19H23N3O3/c1-3-22-18-14(8-7-13(2)20-18)17(25)15(9-10-16(23)24)19(22)21-11-5-4-6-12-21/h7-10H,3-6,11-12H2,1-2H3,(H,23,24)/b10-9+. The summed E-state index contributed by atoms with van der Waals surface area (Å²) in [5.74, 6) is -0.274.